The second-order valence-electron chi connectivity index (χ2n) is 5.78. The Morgan fingerprint density at radius 2 is 2.00 bits per heavy atom. The Labute approximate surface area is 141 Å². The highest BCUT2D eigenvalue weighted by atomic mass is 16.6. The van der Waals surface area contributed by atoms with Gasteiger partial charge >= 0.3 is 6.09 Å². The molecule has 7 nitrogen and oxygen atoms in total. The fourth-order valence-electron chi connectivity index (χ4n) is 2.87. The van der Waals surface area contributed by atoms with Crippen LogP contribution in [0.1, 0.15) is 24.3 Å². The molecule has 0 unspecified atom stereocenters. The molecule has 1 aliphatic heterocycles. The summed E-state index contributed by atoms with van der Waals surface area (Å²) in [6.07, 6.45) is 2.18. The van der Waals surface area contributed by atoms with Crippen molar-refractivity contribution < 1.29 is 19.1 Å². The molecule has 0 spiro atoms. The molecule has 24 heavy (non-hydrogen) atoms. The summed E-state index contributed by atoms with van der Waals surface area (Å²) in [6.45, 7) is 5.41. The summed E-state index contributed by atoms with van der Waals surface area (Å²) in [5.74, 6) is 0.512. The number of rotatable bonds is 5. The standard InChI is InChI=1S/C17H23N3O4/c1-4-16(21)19-13-10-15(24-17(18)22)14(23-3)9-12(13)11-5-7-20(2)8-6-11/h4,9-11H,1,5-8H2,2-3H3,(H2,18,22)(H,19,21). The van der Waals surface area contributed by atoms with Crippen LogP contribution in [0.5, 0.6) is 11.5 Å². The highest BCUT2D eigenvalue weighted by Gasteiger charge is 2.24. The maximum atomic E-state index is 11.8. The number of amides is 2. The molecule has 2 amide bonds. The molecule has 1 aromatic carbocycles. The summed E-state index contributed by atoms with van der Waals surface area (Å²) in [5.41, 5.74) is 6.62. The van der Waals surface area contributed by atoms with Gasteiger partial charge in [0, 0.05) is 11.8 Å². The van der Waals surface area contributed by atoms with Gasteiger partial charge in [0.1, 0.15) is 0 Å². The van der Waals surface area contributed by atoms with E-state index >= 15 is 0 Å². The third kappa shape index (κ3) is 4.26. The lowest BCUT2D eigenvalue weighted by Crippen LogP contribution is -2.29. The van der Waals surface area contributed by atoms with Gasteiger partial charge in [0.25, 0.3) is 0 Å². The van der Waals surface area contributed by atoms with E-state index in [-0.39, 0.29) is 17.6 Å². The lowest BCUT2D eigenvalue weighted by Gasteiger charge is -2.30. The molecule has 1 heterocycles. The van der Waals surface area contributed by atoms with Crippen molar-refractivity contribution in [2.75, 3.05) is 32.6 Å². The van der Waals surface area contributed by atoms with Crippen LogP contribution in [0.3, 0.4) is 0 Å². The molecule has 1 fully saturated rings. The maximum absolute atomic E-state index is 11.8. The number of carbonyl (C=O) groups is 2. The second kappa shape index (κ2) is 7.83. The molecule has 0 radical (unpaired) electrons. The van der Waals surface area contributed by atoms with Gasteiger partial charge in [-0.25, -0.2) is 4.79 Å². The smallest absolute Gasteiger partial charge is 0.410 e. The number of methoxy groups -OCH3 is 1. The minimum Gasteiger partial charge on any atom is -0.493 e. The molecular formula is C17H23N3O4. The summed E-state index contributed by atoms with van der Waals surface area (Å²) >= 11 is 0. The molecule has 0 saturated carbocycles. The Kier molecular flexibility index (Phi) is 5.81. The Balaban J connectivity index is 2.43. The van der Waals surface area contributed by atoms with E-state index in [1.807, 2.05) is 0 Å². The molecule has 7 heteroatoms. The maximum Gasteiger partial charge on any atom is 0.410 e. The third-order valence-electron chi connectivity index (χ3n) is 4.15. The summed E-state index contributed by atoms with van der Waals surface area (Å²) in [4.78, 5) is 25.1. The van der Waals surface area contributed by atoms with Gasteiger partial charge in [-0.2, -0.15) is 0 Å². The number of nitrogens with zero attached hydrogens (tertiary/aromatic N) is 1. The number of hydrogen-bond donors (Lipinski definition) is 2. The van der Waals surface area contributed by atoms with E-state index in [4.69, 9.17) is 15.2 Å². The van der Waals surface area contributed by atoms with Crippen LogP contribution in [-0.2, 0) is 4.79 Å². The average molecular weight is 333 g/mol. The normalized spacial score (nSPS) is 15.6. The van der Waals surface area contributed by atoms with Crippen LogP contribution in [0.2, 0.25) is 0 Å². The Morgan fingerprint density at radius 1 is 1.33 bits per heavy atom. The van der Waals surface area contributed by atoms with E-state index in [9.17, 15) is 9.59 Å². The number of nitrogens with two attached hydrogens (primary N) is 1. The van der Waals surface area contributed by atoms with Crippen molar-refractivity contribution in [3.8, 4) is 11.5 Å². The zero-order valence-corrected chi connectivity index (χ0v) is 14.0. The molecule has 0 aliphatic carbocycles. The summed E-state index contributed by atoms with van der Waals surface area (Å²) in [6, 6.07) is 3.37. The number of benzene rings is 1. The number of nitrogens with one attached hydrogen (secondary N) is 1. The topological polar surface area (TPSA) is 93.9 Å². The number of piperidine rings is 1. The van der Waals surface area contributed by atoms with Crippen molar-refractivity contribution in [2.45, 2.75) is 18.8 Å². The van der Waals surface area contributed by atoms with Crippen molar-refractivity contribution in [1.82, 2.24) is 4.90 Å². The number of primary amides is 1. The Morgan fingerprint density at radius 3 is 2.54 bits per heavy atom. The van der Waals surface area contributed by atoms with Crippen LogP contribution in [0.4, 0.5) is 10.5 Å². The summed E-state index contributed by atoms with van der Waals surface area (Å²) < 4.78 is 10.3. The van der Waals surface area contributed by atoms with Gasteiger partial charge in [-0.3, -0.25) is 4.79 Å². The van der Waals surface area contributed by atoms with Crippen LogP contribution in [0.15, 0.2) is 24.8 Å². The van der Waals surface area contributed by atoms with Crippen LogP contribution in [0, 0.1) is 0 Å². The Hall–Kier alpha value is -2.54. The molecule has 1 aromatic rings. The Bertz CT molecular complexity index is 637. The first-order valence-corrected chi connectivity index (χ1v) is 7.75. The first-order chi connectivity index (χ1) is 11.4. The van der Waals surface area contributed by atoms with Gasteiger partial charge in [0.05, 0.1) is 7.11 Å². The van der Waals surface area contributed by atoms with Gasteiger partial charge in [-0.1, -0.05) is 6.58 Å². The molecule has 130 valence electrons. The molecule has 3 N–H and O–H groups in total. The highest BCUT2D eigenvalue weighted by molar-refractivity contribution is 5.99. The fourth-order valence-corrected chi connectivity index (χ4v) is 2.87. The van der Waals surface area contributed by atoms with Crippen molar-refractivity contribution in [1.29, 1.82) is 0 Å². The van der Waals surface area contributed by atoms with E-state index in [1.165, 1.54) is 13.2 Å². The number of anilines is 1. The quantitative estimate of drug-likeness (QED) is 0.805. The molecule has 0 atom stereocenters. The molecule has 1 saturated heterocycles. The van der Waals surface area contributed by atoms with Crippen LogP contribution in [0.25, 0.3) is 0 Å². The fraction of sp³-hybridized carbons (Fsp3) is 0.412. The average Bonchev–Trinajstić information content (AvgIpc) is 2.55. The molecular weight excluding hydrogens is 310 g/mol. The second-order valence-corrected chi connectivity index (χ2v) is 5.78. The van der Waals surface area contributed by atoms with Gasteiger partial charge < -0.3 is 25.4 Å². The minimum atomic E-state index is -0.943. The lowest BCUT2D eigenvalue weighted by molar-refractivity contribution is -0.111. The molecule has 1 aliphatic rings. The SMILES string of the molecule is C=CC(=O)Nc1cc(OC(N)=O)c(OC)cc1C1CCN(C)CC1. The van der Waals surface area contributed by atoms with Crippen molar-refractivity contribution in [3.63, 3.8) is 0 Å². The van der Waals surface area contributed by atoms with Gasteiger partial charge in [-0.15, -0.1) is 0 Å². The van der Waals surface area contributed by atoms with Crippen molar-refractivity contribution >= 4 is 17.7 Å². The van der Waals surface area contributed by atoms with E-state index in [0.29, 0.717) is 11.4 Å². The van der Waals surface area contributed by atoms with Gasteiger partial charge in [0.2, 0.25) is 5.91 Å². The third-order valence-corrected chi connectivity index (χ3v) is 4.15. The predicted molar refractivity (Wildman–Crippen MR) is 91.5 cm³/mol. The number of likely N-dealkylation sites (tertiary alicyclic amines) is 1. The van der Waals surface area contributed by atoms with E-state index in [2.05, 4.69) is 23.8 Å². The van der Waals surface area contributed by atoms with E-state index in [1.54, 1.807) is 12.1 Å². The minimum absolute atomic E-state index is 0.168. The van der Waals surface area contributed by atoms with E-state index in [0.717, 1.165) is 31.5 Å². The zero-order chi connectivity index (χ0) is 17.7. The molecule has 2 rings (SSSR count). The molecule has 0 bridgehead atoms. The monoisotopic (exact) mass is 333 g/mol. The molecule has 0 aromatic heterocycles. The van der Waals surface area contributed by atoms with E-state index < -0.39 is 6.09 Å². The predicted octanol–water partition coefficient (Wildman–Crippen LogP) is 2.09. The first-order valence-electron chi connectivity index (χ1n) is 7.75. The largest absolute Gasteiger partial charge is 0.493 e. The summed E-state index contributed by atoms with van der Waals surface area (Å²) in [7, 11) is 3.57. The highest BCUT2D eigenvalue weighted by Crippen LogP contribution is 2.40. The van der Waals surface area contributed by atoms with Crippen LogP contribution in [-0.4, -0.2) is 44.1 Å². The lowest BCUT2D eigenvalue weighted by atomic mass is 9.88. The number of carbonyl (C=O) groups excluding carboxylic acids is 2. The van der Waals surface area contributed by atoms with Crippen molar-refractivity contribution in [3.05, 3.63) is 30.4 Å². The van der Waals surface area contributed by atoms with Crippen LogP contribution >= 0.6 is 0 Å². The zero-order valence-electron chi connectivity index (χ0n) is 14.0. The van der Waals surface area contributed by atoms with Crippen LogP contribution < -0.4 is 20.5 Å². The summed E-state index contributed by atoms with van der Waals surface area (Å²) in [5, 5.41) is 2.78. The van der Waals surface area contributed by atoms with Gasteiger partial charge in [0.15, 0.2) is 11.5 Å². The number of hydrogen-bond acceptors (Lipinski definition) is 5. The number of ether oxygens (including phenoxy) is 2. The first kappa shape index (κ1) is 17.8. The van der Waals surface area contributed by atoms with Gasteiger partial charge in [-0.05, 0) is 56.6 Å². The van der Waals surface area contributed by atoms with Crippen molar-refractivity contribution in [2.24, 2.45) is 5.73 Å².